The second-order valence-corrected chi connectivity index (χ2v) is 29.2. The van der Waals surface area contributed by atoms with E-state index in [1.54, 1.807) is 41.5 Å². The summed E-state index contributed by atoms with van der Waals surface area (Å²) in [6, 6.07) is 67.4. The predicted octanol–water partition coefficient (Wildman–Crippen LogP) is 16.8. The summed E-state index contributed by atoms with van der Waals surface area (Å²) in [5.41, 5.74) is 5.78. The number of ether oxygens (including phenoxy) is 6. The number of rotatable bonds is 23. The van der Waals surface area contributed by atoms with E-state index < -0.39 is 65.1 Å². The smallest absolute Gasteiger partial charge is 0.416 e. The number of hydrogen-bond acceptors (Lipinski definition) is 16. The molecule has 3 aliphatic heterocycles. The summed E-state index contributed by atoms with van der Waals surface area (Å²) < 4.78 is 30.6. The molecule has 7 aromatic carbocycles. The van der Waals surface area contributed by atoms with Crippen molar-refractivity contribution in [3.63, 3.8) is 0 Å². The third-order valence-electron chi connectivity index (χ3n) is 15.6. The summed E-state index contributed by atoms with van der Waals surface area (Å²) >= 11 is 8.18. The summed E-state index contributed by atoms with van der Waals surface area (Å²) in [5, 5.41) is 11.9. The van der Waals surface area contributed by atoms with Gasteiger partial charge in [-0.05, 0) is 158 Å². The molecule has 20 nitrogen and oxygen atoms in total. The maximum Gasteiger partial charge on any atom is 0.416 e. The van der Waals surface area contributed by atoms with E-state index >= 15 is 0 Å². The van der Waals surface area contributed by atoms with Crippen LogP contribution in [0.1, 0.15) is 142 Å². The van der Waals surface area contributed by atoms with Crippen molar-refractivity contribution in [2.75, 3.05) is 25.2 Å². The first kappa shape index (κ1) is 92.2. The lowest BCUT2D eigenvalue weighted by Gasteiger charge is -2.26. The Morgan fingerprint density at radius 1 is 0.454 bits per heavy atom. The zero-order chi connectivity index (χ0) is 77.7. The van der Waals surface area contributed by atoms with Crippen LogP contribution < -0.4 is 5.32 Å². The summed E-state index contributed by atoms with van der Waals surface area (Å²) in [5.74, 6) is -4.18. The van der Waals surface area contributed by atoms with Gasteiger partial charge in [0.05, 0.1) is 42.8 Å². The Hall–Kier alpha value is -9.99. The van der Waals surface area contributed by atoms with E-state index in [4.69, 9.17) is 40.0 Å². The molecule has 3 aliphatic rings. The number of carboxylic acids is 1. The molecule has 3 saturated heterocycles. The molecule has 0 spiro atoms. The first-order valence-corrected chi connectivity index (χ1v) is 36.7. The molecule has 0 aliphatic carbocycles. The second-order valence-electron chi connectivity index (χ2n) is 28.2. The van der Waals surface area contributed by atoms with E-state index in [1.165, 1.54) is 15.4 Å². The van der Waals surface area contributed by atoms with Crippen molar-refractivity contribution in [2.24, 2.45) is 11.8 Å². The minimum atomic E-state index is -0.977. The number of amides is 5. The van der Waals surface area contributed by atoms with Crippen LogP contribution in [0.25, 0.3) is 0 Å². The Kier molecular flexibility index (Phi) is 40.7. The van der Waals surface area contributed by atoms with Crippen LogP contribution in [0.3, 0.4) is 0 Å². The number of carboxylic acid groups (broad SMARTS) is 1. The van der Waals surface area contributed by atoms with Crippen LogP contribution in [0.15, 0.2) is 212 Å². The molecule has 582 valence electrons. The van der Waals surface area contributed by atoms with Crippen molar-refractivity contribution in [3.8, 4) is 0 Å². The summed E-state index contributed by atoms with van der Waals surface area (Å²) in [6.07, 6.45) is 3.03. The van der Waals surface area contributed by atoms with E-state index in [1.807, 2.05) is 233 Å². The fourth-order valence-corrected chi connectivity index (χ4v) is 11.1. The maximum atomic E-state index is 13.5. The van der Waals surface area contributed by atoms with Gasteiger partial charge in [0.1, 0.15) is 42.0 Å². The van der Waals surface area contributed by atoms with Gasteiger partial charge in [0.2, 0.25) is 17.1 Å². The van der Waals surface area contributed by atoms with Crippen LogP contribution in [0.4, 0.5) is 14.4 Å². The van der Waals surface area contributed by atoms with Gasteiger partial charge in [0.25, 0.3) is 0 Å². The average Bonchev–Trinajstić information content (AvgIpc) is 1.65. The highest BCUT2D eigenvalue weighted by molar-refractivity contribution is 9.09. The first-order chi connectivity index (χ1) is 50.3. The molecule has 0 aromatic heterocycles. The van der Waals surface area contributed by atoms with Gasteiger partial charge in [-0.25, -0.2) is 24.2 Å². The van der Waals surface area contributed by atoms with Gasteiger partial charge in [-0.15, -0.1) is 0 Å². The first-order valence-electron chi connectivity index (χ1n) is 35.2. The highest BCUT2D eigenvalue weighted by atomic mass is 79.9. The number of benzene rings is 7. The highest BCUT2D eigenvalue weighted by Crippen LogP contribution is 2.26. The van der Waals surface area contributed by atoms with Crippen LogP contribution in [0.5, 0.6) is 0 Å². The number of hydrogen-bond donors (Lipinski definition) is 2. The zero-order valence-electron chi connectivity index (χ0n) is 61.8. The second kappa shape index (κ2) is 47.6. The number of aliphatic carboxylic acids is 1. The minimum absolute atomic E-state index is 0. The Labute approximate surface area is 650 Å². The molecule has 5 amide bonds. The summed E-state index contributed by atoms with van der Waals surface area (Å²) in [7, 11) is 0. The molecular weight excluding hydrogens is 1460 g/mol. The lowest BCUT2D eigenvalue weighted by atomic mass is 9.93. The third-order valence-corrected chi connectivity index (χ3v) is 16.2. The number of nitrogens with one attached hydrogen (secondary N) is 1. The molecule has 0 bridgehead atoms. The monoisotopic (exact) mass is 1570 g/mol. The number of alkyl halides is 1. The number of cyclic esters (lactones) is 3. The standard InChI is InChI=1S/C25H29NO5.C19H19NO3.C15H20O4.C10H11NO2.C9H9ClO.C6H11BrO2.2CH4/c1-25(2,3)31-22(27)16-20(14-18-10-6-4-7-11-18)23(28)26-21(17-30-24(26)29)15-19-12-8-5-9-13-19;21-18(12-11-15-7-3-1-4-8-15)20-17(14-23-19(20)22)13-16-9-5-2-6-10-16;1-15(2,3)19-13(16)10-12(14(17)18)9-11-7-5-4-6-8-11;12-10-11-9(7-13-10)6-8-4-2-1-3-5-8;10-9(11)7-6-8-4-2-1-3-5-8;1-6(2,3)9-5(8)4-7;;/h4-13,20-21H,14-17H2,1-3H3;1-10,17H,11-14H2;4-8,12H,9-10H2,1-3H3,(H,17,18);1-5,9H,6-7H2,(H,11,12);1-5H,6-7H2;4H2,1-3H3;2*1H4/t20-,21+;17-;12-;9-;;;;/m1010..../s1. The topological polar surface area (TPSA) is 265 Å². The molecule has 0 saturated carbocycles. The SMILES string of the molecule is C.C.CC(C)(C)OC(=O)CBr.CC(C)(C)OC(=O)C[C@@H](Cc1ccccc1)C(=O)N1C(=O)OC[C@@H]1Cc1ccccc1.CC(C)(C)OC(=O)C[C@@H](Cc1ccccc1)C(=O)O.O=C(CCc1ccccc1)N1C(=O)OC[C@@H]1Cc1ccccc1.O=C(Cl)CCc1ccccc1.O=C1N[C@@H](Cc2ccccc2)CO1. The lowest BCUT2D eigenvalue weighted by Crippen LogP contribution is -2.45. The number of esters is 3. The highest BCUT2D eigenvalue weighted by Gasteiger charge is 2.42. The van der Waals surface area contributed by atoms with Crippen molar-refractivity contribution < 1.29 is 81.5 Å². The Morgan fingerprint density at radius 2 is 0.778 bits per heavy atom. The Morgan fingerprint density at radius 3 is 1.12 bits per heavy atom. The van der Waals surface area contributed by atoms with Crippen molar-refractivity contribution in [1.29, 1.82) is 0 Å². The van der Waals surface area contributed by atoms with Crippen LogP contribution >= 0.6 is 27.5 Å². The molecule has 2 N–H and O–H groups in total. The van der Waals surface area contributed by atoms with Gasteiger partial charge in [0, 0.05) is 12.8 Å². The fourth-order valence-electron chi connectivity index (χ4n) is 10.9. The molecular formula is C86H107BrClN3O17. The van der Waals surface area contributed by atoms with Gasteiger partial charge < -0.3 is 38.8 Å². The molecule has 7 aromatic rings. The van der Waals surface area contributed by atoms with E-state index in [0.717, 1.165) is 46.2 Å². The molecule has 3 fully saturated rings. The molecule has 3 heterocycles. The molecule has 10 rings (SSSR count). The number of alkyl carbamates (subject to hydrolysis) is 1. The number of nitrogens with zero attached hydrogens (tertiary/aromatic N) is 2. The number of halogens is 2. The van der Waals surface area contributed by atoms with Crippen LogP contribution in [-0.2, 0) is 107 Å². The van der Waals surface area contributed by atoms with E-state index in [0.29, 0.717) is 51.6 Å². The number of imide groups is 2. The van der Waals surface area contributed by atoms with Crippen molar-refractivity contribution in [1.82, 2.24) is 15.1 Å². The van der Waals surface area contributed by atoms with E-state index in [9.17, 15) is 53.1 Å². The number of aryl methyl sites for hydroxylation is 2. The van der Waals surface area contributed by atoms with Gasteiger partial charge in [-0.3, -0.25) is 33.6 Å². The molecule has 108 heavy (non-hydrogen) atoms. The molecule has 22 heteroatoms. The van der Waals surface area contributed by atoms with Crippen molar-refractivity contribution in [2.45, 2.75) is 183 Å². The average molecular weight is 1570 g/mol. The number of carbonyl (C=O) groups excluding carboxylic acids is 9. The van der Waals surface area contributed by atoms with Crippen molar-refractivity contribution in [3.05, 3.63) is 251 Å². The van der Waals surface area contributed by atoms with Crippen LogP contribution in [0, 0.1) is 11.8 Å². The maximum absolute atomic E-state index is 13.5. The largest absolute Gasteiger partial charge is 0.481 e. The van der Waals surface area contributed by atoms with Crippen molar-refractivity contribution >= 4 is 86.7 Å². The van der Waals surface area contributed by atoms with Crippen LogP contribution in [0.2, 0.25) is 0 Å². The molecule has 5 atom stereocenters. The molecule has 0 unspecified atom stereocenters. The lowest BCUT2D eigenvalue weighted by molar-refractivity contribution is -0.159. The van der Waals surface area contributed by atoms with E-state index in [2.05, 4.69) is 21.2 Å². The zero-order valence-corrected chi connectivity index (χ0v) is 64.2. The van der Waals surface area contributed by atoms with Gasteiger partial charge in [-0.1, -0.05) is 243 Å². The van der Waals surface area contributed by atoms with E-state index in [-0.39, 0.29) is 87.1 Å². The quantitative estimate of drug-likeness (QED) is 0.0261. The van der Waals surface area contributed by atoms with Gasteiger partial charge in [0.15, 0.2) is 0 Å². The summed E-state index contributed by atoms with van der Waals surface area (Å²) in [6.45, 7) is 17.1. The van der Waals surface area contributed by atoms with Gasteiger partial charge >= 0.3 is 42.2 Å². The van der Waals surface area contributed by atoms with Gasteiger partial charge in [-0.2, -0.15) is 0 Å². The number of carbonyl (C=O) groups is 10. The van der Waals surface area contributed by atoms with Crippen LogP contribution in [-0.4, -0.2) is 134 Å². The summed E-state index contributed by atoms with van der Waals surface area (Å²) in [4.78, 5) is 120. The minimum Gasteiger partial charge on any atom is -0.481 e. The predicted molar refractivity (Wildman–Crippen MR) is 422 cm³/mol. The Balaban J connectivity index is 0.000000351. The molecule has 0 radical (unpaired) electrons. The fraction of sp³-hybridized carbons (Fsp3) is 0.395. The third kappa shape index (κ3) is 37.5. The Bertz CT molecular complexity index is 3860. The normalized spacial score (nSPS) is 15.2.